The molecule has 7 nitrogen and oxygen atoms in total. The van der Waals surface area contributed by atoms with E-state index >= 15 is 0 Å². The molecule has 2 heterocycles. The zero-order chi connectivity index (χ0) is 18.0. The van der Waals surface area contributed by atoms with Gasteiger partial charge in [-0.1, -0.05) is 0 Å². The molecule has 1 aromatic carbocycles. The van der Waals surface area contributed by atoms with Gasteiger partial charge in [0, 0.05) is 32.1 Å². The first-order chi connectivity index (χ1) is 11.9. The minimum atomic E-state index is -1.36. The number of ether oxygens (including phenoxy) is 1. The maximum atomic E-state index is 13.2. The number of nitrogen functional groups attached to an aromatic ring is 1. The summed E-state index contributed by atoms with van der Waals surface area (Å²) < 4.78 is 19.1. The first-order valence-electron chi connectivity index (χ1n) is 7.92. The van der Waals surface area contributed by atoms with Crippen molar-refractivity contribution in [1.82, 2.24) is 9.97 Å². The van der Waals surface area contributed by atoms with Gasteiger partial charge in [-0.25, -0.2) is 14.2 Å². The number of aryl methyl sites for hydroxylation is 1. The van der Waals surface area contributed by atoms with Crippen LogP contribution in [0.1, 0.15) is 18.4 Å². The number of aliphatic carboxylic acids is 1. The number of piperidine rings is 1. The number of hydrogen-bond donors (Lipinski definition) is 2. The number of benzene rings is 1. The molecule has 0 aliphatic carbocycles. The van der Waals surface area contributed by atoms with Crippen molar-refractivity contribution in [1.29, 1.82) is 0 Å². The van der Waals surface area contributed by atoms with Crippen LogP contribution in [-0.2, 0) is 4.79 Å². The van der Waals surface area contributed by atoms with Gasteiger partial charge >= 0.3 is 5.97 Å². The van der Waals surface area contributed by atoms with Gasteiger partial charge in [0.1, 0.15) is 17.4 Å². The molecule has 1 aromatic heterocycles. The van der Waals surface area contributed by atoms with Crippen LogP contribution in [0.15, 0.2) is 30.5 Å². The van der Waals surface area contributed by atoms with E-state index in [1.165, 1.54) is 18.2 Å². The second kappa shape index (κ2) is 6.54. The third-order valence-electron chi connectivity index (χ3n) is 4.35. The Morgan fingerprint density at radius 3 is 2.68 bits per heavy atom. The van der Waals surface area contributed by atoms with Crippen LogP contribution in [0, 0.1) is 12.7 Å². The summed E-state index contributed by atoms with van der Waals surface area (Å²) in [7, 11) is 0. The average Bonchev–Trinajstić information content (AvgIpc) is 2.58. The van der Waals surface area contributed by atoms with E-state index < -0.39 is 11.6 Å². The number of nitrogens with two attached hydrogens (primary N) is 1. The van der Waals surface area contributed by atoms with Gasteiger partial charge in [-0.15, -0.1) is 0 Å². The lowest BCUT2D eigenvalue weighted by Gasteiger charge is -2.39. The molecule has 0 atom stereocenters. The molecule has 1 aliphatic rings. The Bertz CT molecular complexity index is 791. The largest absolute Gasteiger partial charge is 0.478 e. The summed E-state index contributed by atoms with van der Waals surface area (Å²) >= 11 is 0. The normalized spacial score (nSPS) is 16.5. The lowest BCUT2D eigenvalue weighted by atomic mass is 9.91. The first-order valence-corrected chi connectivity index (χ1v) is 7.92. The maximum Gasteiger partial charge on any atom is 0.348 e. The van der Waals surface area contributed by atoms with Crippen molar-refractivity contribution in [2.75, 3.05) is 23.7 Å². The van der Waals surface area contributed by atoms with Crippen LogP contribution < -0.4 is 15.4 Å². The Morgan fingerprint density at radius 1 is 1.36 bits per heavy atom. The van der Waals surface area contributed by atoms with E-state index in [-0.39, 0.29) is 18.7 Å². The van der Waals surface area contributed by atoms with Gasteiger partial charge in [0.2, 0.25) is 11.5 Å². The van der Waals surface area contributed by atoms with Gasteiger partial charge in [0.05, 0.1) is 0 Å². The summed E-state index contributed by atoms with van der Waals surface area (Å²) in [6.07, 6.45) is 2.06. The number of rotatable bonds is 4. The molecule has 0 amide bonds. The summed E-state index contributed by atoms with van der Waals surface area (Å²) in [6.45, 7) is 2.51. The fraction of sp³-hybridized carbons (Fsp3) is 0.353. The molecule has 0 unspecified atom stereocenters. The topological polar surface area (TPSA) is 102 Å². The molecule has 3 N–H and O–H groups in total. The summed E-state index contributed by atoms with van der Waals surface area (Å²) in [5, 5.41) is 9.73. The van der Waals surface area contributed by atoms with E-state index in [1.54, 1.807) is 19.2 Å². The standard InChI is InChI=1S/C17H19FN4O3/c1-11-10-12(18)2-3-13(11)25-17(15(23)24)5-8-22(9-6-17)16-20-7-4-14(19)21-16/h2-4,7,10H,5-6,8-9H2,1H3,(H,23,24)(H2,19,20,21). The third kappa shape index (κ3) is 3.47. The minimum absolute atomic E-state index is 0.247. The molecular weight excluding hydrogens is 327 g/mol. The molecule has 8 heteroatoms. The van der Waals surface area contributed by atoms with Crippen LogP contribution >= 0.6 is 0 Å². The number of carboxylic acid groups (broad SMARTS) is 1. The molecule has 0 saturated carbocycles. The quantitative estimate of drug-likeness (QED) is 0.873. The van der Waals surface area contributed by atoms with Crippen molar-refractivity contribution in [3.63, 3.8) is 0 Å². The SMILES string of the molecule is Cc1cc(F)ccc1OC1(C(=O)O)CCN(c2nccc(N)n2)CC1. The molecule has 0 bridgehead atoms. The van der Waals surface area contributed by atoms with Crippen molar-refractivity contribution < 1.29 is 19.0 Å². The van der Waals surface area contributed by atoms with E-state index in [2.05, 4.69) is 9.97 Å². The zero-order valence-electron chi connectivity index (χ0n) is 13.8. The van der Waals surface area contributed by atoms with Crippen LogP contribution in [0.5, 0.6) is 5.75 Å². The van der Waals surface area contributed by atoms with Crippen LogP contribution in [0.2, 0.25) is 0 Å². The summed E-state index contributed by atoms with van der Waals surface area (Å²) in [5.41, 5.74) is 4.87. The third-order valence-corrected chi connectivity index (χ3v) is 4.35. The fourth-order valence-corrected chi connectivity index (χ4v) is 2.88. The van der Waals surface area contributed by atoms with E-state index in [0.29, 0.717) is 36.2 Å². The van der Waals surface area contributed by atoms with Crippen molar-refractivity contribution >= 4 is 17.7 Å². The second-order valence-corrected chi connectivity index (χ2v) is 6.08. The van der Waals surface area contributed by atoms with Gasteiger partial charge < -0.3 is 20.5 Å². The number of halogens is 1. The zero-order valence-corrected chi connectivity index (χ0v) is 13.8. The smallest absolute Gasteiger partial charge is 0.348 e. The predicted molar refractivity (Wildman–Crippen MR) is 90.0 cm³/mol. The van der Waals surface area contributed by atoms with Crippen molar-refractivity contribution in [2.24, 2.45) is 0 Å². The molecule has 25 heavy (non-hydrogen) atoms. The fourth-order valence-electron chi connectivity index (χ4n) is 2.88. The minimum Gasteiger partial charge on any atom is -0.478 e. The van der Waals surface area contributed by atoms with Gasteiger partial charge in [-0.2, -0.15) is 4.98 Å². The molecule has 0 radical (unpaired) electrons. The van der Waals surface area contributed by atoms with Crippen LogP contribution in [0.4, 0.5) is 16.2 Å². The lowest BCUT2D eigenvalue weighted by Crippen LogP contribution is -2.53. The number of carboxylic acids is 1. The van der Waals surface area contributed by atoms with Crippen LogP contribution in [0.25, 0.3) is 0 Å². The summed E-state index contributed by atoms with van der Waals surface area (Å²) in [5.74, 6) is -0.222. The highest BCUT2D eigenvalue weighted by atomic mass is 19.1. The van der Waals surface area contributed by atoms with Gasteiger partial charge in [-0.05, 0) is 36.8 Å². The Hall–Kier alpha value is -2.90. The molecule has 0 spiro atoms. The van der Waals surface area contributed by atoms with E-state index in [9.17, 15) is 14.3 Å². The number of carbonyl (C=O) groups is 1. The number of anilines is 2. The van der Waals surface area contributed by atoms with Crippen molar-refractivity contribution in [2.45, 2.75) is 25.4 Å². The Labute approximate surface area is 144 Å². The second-order valence-electron chi connectivity index (χ2n) is 6.08. The molecule has 132 valence electrons. The molecule has 1 fully saturated rings. The monoisotopic (exact) mass is 346 g/mol. The van der Waals surface area contributed by atoms with E-state index in [0.717, 1.165) is 0 Å². The highest BCUT2D eigenvalue weighted by molar-refractivity contribution is 5.78. The number of aromatic nitrogens is 2. The lowest BCUT2D eigenvalue weighted by molar-refractivity contribution is -0.157. The van der Waals surface area contributed by atoms with Gasteiger partial charge in [0.15, 0.2) is 0 Å². The molecular formula is C17H19FN4O3. The predicted octanol–water partition coefficient (Wildman–Crippen LogP) is 2.01. The number of nitrogens with zero attached hydrogens (tertiary/aromatic N) is 3. The van der Waals surface area contributed by atoms with Crippen LogP contribution in [-0.4, -0.2) is 39.7 Å². The highest BCUT2D eigenvalue weighted by Crippen LogP contribution is 2.32. The highest BCUT2D eigenvalue weighted by Gasteiger charge is 2.44. The number of hydrogen-bond acceptors (Lipinski definition) is 6. The molecule has 3 rings (SSSR count). The van der Waals surface area contributed by atoms with Gasteiger partial charge in [-0.3, -0.25) is 0 Å². The maximum absolute atomic E-state index is 13.2. The molecule has 2 aromatic rings. The summed E-state index contributed by atoms with van der Waals surface area (Å²) in [4.78, 5) is 22.1. The molecule has 1 aliphatic heterocycles. The van der Waals surface area contributed by atoms with Crippen LogP contribution in [0.3, 0.4) is 0 Å². The summed E-state index contributed by atoms with van der Waals surface area (Å²) in [6, 6.07) is 5.63. The van der Waals surface area contributed by atoms with Crippen molar-refractivity contribution in [3.8, 4) is 5.75 Å². The Kier molecular flexibility index (Phi) is 4.43. The van der Waals surface area contributed by atoms with Crippen molar-refractivity contribution in [3.05, 3.63) is 41.8 Å². The molecule has 1 saturated heterocycles. The first kappa shape index (κ1) is 16.9. The van der Waals surface area contributed by atoms with E-state index in [1.807, 2.05) is 4.90 Å². The van der Waals surface area contributed by atoms with E-state index in [4.69, 9.17) is 10.5 Å². The average molecular weight is 346 g/mol. The van der Waals surface area contributed by atoms with Gasteiger partial charge in [0.25, 0.3) is 0 Å². The Balaban J connectivity index is 1.78. The Morgan fingerprint density at radius 2 is 2.08 bits per heavy atom.